The third kappa shape index (κ3) is 2.42. The molecule has 4 heteroatoms. The molecular weight excluding hydrogens is 230 g/mol. The van der Waals surface area contributed by atoms with Crippen molar-refractivity contribution >= 4 is 5.78 Å². The fourth-order valence-corrected chi connectivity index (χ4v) is 1.80. The van der Waals surface area contributed by atoms with Gasteiger partial charge >= 0.3 is 0 Å². The van der Waals surface area contributed by atoms with Crippen LogP contribution in [0.1, 0.15) is 34.4 Å². The molecule has 0 aliphatic rings. The van der Waals surface area contributed by atoms with Gasteiger partial charge in [-0.05, 0) is 32.9 Å². The molecule has 0 spiro atoms. The first kappa shape index (κ1) is 12.4. The Morgan fingerprint density at radius 3 is 2.72 bits per heavy atom. The van der Waals surface area contributed by atoms with Crippen LogP contribution in [0.4, 0.5) is 0 Å². The van der Waals surface area contributed by atoms with Gasteiger partial charge in [-0.1, -0.05) is 0 Å². The third-order valence-corrected chi connectivity index (χ3v) is 2.57. The Labute approximate surface area is 106 Å². The molecule has 0 atom stereocenters. The van der Waals surface area contributed by atoms with E-state index in [1.165, 1.54) is 6.20 Å². The molecule has 0 amide bonds. The van der Waals surface area contributed by atoms with Crippen molar-refractivity contribution in [2.45, 2.75) is 20.8 Å². The summed E-state index contributed by atoms with van der Waals surface area (Å²) in [5.41, 5.74) is 1.08. The molecule has 0 unspecified atom stereocenters. The number of aryl methyl sites for hydroxylation is 2. The molecule has 2 aromatic heterocycles. The molecule has 0 radical (unpaired) electrons. The average Bonchev–Trinajstić information content (AvgIpc) is 2.68. The summed E-state index contributed by atoms with van der Waals surface area (Å²) in [6.45, 7) is 6.03. The van der Waals surface area contributed by atoms with Crippen LogP contribution in [0.5, 0.6) is 5.75 Å². The molecule has 0 saturated carbocycles. The minimum absolute atomic E-state index is 0.0987. The van der Waals surface area contributed by atoms with Crippen LogP contribution in [0.2, 0.25) is 0 Å². The number of rotatable bonds is 4. The van der Waals surface area contributed by atoms with Gasteiger partial charge in [0.2, 0.25) is 0 Å². The number of hydrogen-bond acceptors (Lipinski definition) is 4. The number of ketones is 1. The van der Waals surface area contributed by atoms with Crippen LogP contribution in [0.3, 0.4) is 0 Å². The third-order valence-electron chi connectivity index (χ3n) is 2.57. The summed E-state index contributed by atoms with van der Waals surface area (Å²) in [7, 11) is 0. The van der Waals surface area contributed by atoms with Gasteiger partial charge in [0.25, 0.3) is 0 Å². The normalized spacial score (nSPS) is 10.4. The van der Waals surface area contributed by atoms with Crippen LogP contribution in [-0.4, -0.2) is 17.4 Å². The Kier molecular flexibility index (Phi) is 3.46. The van der Waals surface area contributed by atoms with Crippen molar-refractivity contribution in [1.29, 1.82) is 0 Å². The topological polar surface area (TPSA) is 52.3 Å². The highest BCUT2D eigenvalue weighted by Gasteiger charge is 2.16. The smallest absolute Gasteiger partial charge is 0.198 e. The SMILES string of the molecule is CCOc1cncc(C(=O)c2cc(C)oc2C)c1. The number of ether oxygens (including phenoxy) is 1. The molecule has 2 rings (SSSR count). The molecule has 2 aromatic rings. The molecule has 4 nitrogen and oxygen atoms in total. The maximum Gasteiger partial charge on any atom is 0.198 e. The number of carbonyl (C=O) groups excluding carboxylic acids is 1. The molecule has 94 valence electrons. The van der Waals surface area contributed by atoms with Gasteiger partial charge in [0.1, 0.15) is 17.3 Å². The molecule has 0 aliphatic heterocycles. The second-order valence-electron chi connectivity index (χ2n) is 4.00. The second-order valence-corrected chi connectivity index (χ2v) is 4.00. The first-order valence-corrected chi connectivity index (χ1v) is 5.81. The number of furan rings is 1. The van der Waals surface area contributed by atoms with Gasteiger partial charge in [-0.3, -0.25) is 9.78 Å². The van der Waals surface area contributed by atoms with Crippen LogP contribution in [0.15, 0.2) is 28.9 Å². The molecule has 0 N–H and O–H groups in total. The highest BCUT2D eigenvalue weighted by Crippen LogP contribution is 2.20. The summed E-state index contributed by atoms with van der Waals surface area (Å²) in [5, 5.41) is 0. The van der Waals surface area contributed by atoms with Gasteiger partial charge in [-0.2, -0.15) is 0 Å². The molecular formula is C14H15NO3. The zero-order chi connectivity index (χ0) is 13.1. The fourth-order valence-electron chi connectivity index (χ4n) is 1.80. The Morgan fingerprint density at radius 1 is 1.33 bits per heavy atom. The van der Waals surface area contributed by atoms with Gasteiger partial charge in [-0.25, -0.2) is 0 Å². The molecule has 0 aromatic carbocycles. The summed E-state index contributed by atoms with van der Waals surface area (Å²) in [5.74, 6) is 1.85. The summed E-state index contributed by atoms with van der Waals surface area (Å²) in [6, 6.07) is 3.44. The van der Waals surface area contributed by atoms with E-state index in [-0.39, 0.29) is 5.78 Å². The minimum atomic E-state index is -0.0987. The highest BCUT2D eigenvalue weighted by atomic mass is 16.5. The largest absolute Gasteiger partial charge is 0.492 e. The average molecular weight is 245 g/mol. The number of pyridine rings is 1. The molecule has 0 saturated heterocycles. The van der Waals surface area contributed by atoms with Gasteiger partial charge in [0.15, 0.2) is 5.78 Å². The molecule has 0 aliphatic carbocycles. The van der Waals surface area contributed by atoms with Crippen LogP contribution in [0.25, 0.3) is 0 Å². The second kappa shape index (κ2) is 5.04. The highest BCUT2D eigenvalue weighted by molar-refractivity contribution is 6.09. The lowest BCUT2D eigenvalue weighted by Gasteiger charge is -2.04. The van der Waals surface area contributed by atoms with E-state index in [4.69, 9.17) is 9.15 Å². The van der Waals surface area contributed by atoms with Crippen molar-refractivity contribution in [1.82, 2.24) is 4.98 Å². The zero-order valence-corrected chi connectivity index (χ0v) is 10.7. The van der Waals surface area contributed by atoms with Gasteiger partial charge < -0.3 is 9.15 Å². The van der Waals surface area contributed by atoms with Crippen LogP contribution >= 0.6 is 0 Å². The van der Waals surface area contributed by atoms with E-state index in [1.807, 2.05) is 13.8 Å². The van der Waals surface area contributed by atoms with Crippen molar-refractivity contribution in [3.63, 3.8) is 0 Å². The zero-order valence-electron chi connectivity index (χ0n) is 10.7. The van der Waals surface area contributed by atoms with Crippen molar-refractivity contribution in [3.8, 4) is 5.75 Å². The Bertz CT molecular complexity index is 572. The van der Waals surface area contributed by atoms with Crippen LogP contribution in [0, 0.1) is 13.8 Å². The van der Waals surface area contributed by atoms with Crippen molar-refractivity contribution in [3.05, 3.63) is 47.2 Å². The first-order valence-electron chi connectivity index (χ1n) is 5.81. The van der Waals surface area contributed by atoms with Gasteiger partial charge in [-0.15, -0.1) is 0 Å². The van der Waals surface area contributed by atoms with E-state index in [1.54, 1.807) is 25.3 Å². The van der Waals surface area contributed by atoms with Gasteiger partial charge in [0, 0.05) is 11.8 Å². The number of hydrogen-bond donors (Lipinski definition) is 0. The Morgan fingerprint density at radius 2 is 2.11 bits per heavy atom. The minimum Gasteiger partial charge on any atom is -0.492 e. The van der Waals surface area contributed by atoms with Gasteiger partial charge in [0.05, 0.1) is 18.4 Å². The van der Waals surface area contributed by atoms with Crippen molar-refractivity contribution in [2.75, 3.05) is 6.61 Å². The number of nitrogens with zero attached hydrogens (tertiary/aromatic N) is 1. The predicted octanol–water partition coefficient (Wildman–Crippen LogP) is 2.92. The maximum atomic E-state index is 12.3. The van der Waals surface area contributed by atoms with E-state index in [0.717, 1.165) is 5.76 Å². The van der Waals surface area contributed by atoms with Crippen LogP contribution < -0.4 is 4.74 Å². The van der Waals surface area contributed by atoms with Crippen LogP contribution in [-0.2, 0) is 0 Å². The standard InChI is InChI=1S/C14H15NO3/c1-4-17-12-6-11(7-15-8-12)14(16)13-5-9(2)18-10(13)3/h5-8H,4H2,1-3H3. The molecule has 0 fully saturated rings. The quantitative estimate of drug-likeness (QED) is 0.777. The van der Waals surface area contributed by atoms with E-state index in [2.05, 4.69) is 4.98 Å². The molecule has 2 heterocycles. The summed E-state index contributed by atoms with van der Waals surface area (Å²) in [6.07, 6.45) is 3.13. The van der Waals surface area contributed by atoms with E-state index in [9.17, 15) is 4.79 Å². The van der Waals surface area contributed by atoms with Crippen molar-refractivity contribution < 1.29 is 13.9 Å². The first-order chi connectivity index (χ1) is 8.61. The van der Waals surface area contributed by atoms with Crippen molar-refractivity contribution in [2.24, 2.45) is 0 Å². The summed E-state index contributed by atoms with van der Waals surface area (Å²) in [4.78, 5) is 16.3. The number of aromatic nitrogens is 1. The Balaban J connectivity index is 2.34. The Hall–Kier alpha value is -2.10. The van der Waals surface area contributed by atoms with E-state index < -0.39 is 0 Å². The number of carbonyl (C=O) groups is 1. The summed E-state index contributed by atoms with van der Waals surface area (Å²) >= 11 is 0. The monoisotopic (exact) mass is 245 g/mol. The lowest BCUT2D eigenvalue weighted by molar-refractivity contribution is 0.103. The lowest BCUT2D eigenvalue weighted by Crippen LogP contribution is -2.03. The van der Waals surface area contributed by atoms with E-state index in [0.29, 0.717) is 29.2 Å². The molecule has 0 bridgehead atoms. The molecule has 18 heavy (non-hydrogen) atoms. The van der Waals surface area contributed by atoms with E-state index >= 15 is 0 Å². The summed E-state index contributed by atoms with van der Waals surface area (Å²) < 4.78 is 10.7. The predicted molar refractivity (Wildman–Crippen MR) is 67.0 cm³/mol. The fraction of sp³-hybridized carbons (Fsp3) is 0.286. The lowest BCUT2D eigenvalue weighted by atomic mass is 10.1. The maximum absolute atomic E-state index is 12.3.